The topological polar surface area (TPSA) is 42.1 Å². The molecule has 1 aromatic heterocycles. The highest BCUT2D eigenvalue weighted by Crippen LogP contribution is 2.28. The van der Waals surface area contributed by atoms with E-state index in [4.69, 9.17) is 16.3 Å². The van der Waals surface area contributed by atoms with Crippen LogP contribution in [0.4, 0.5) is 0 Å². The Balaban J connectivity index is 1.98. The van der Waals surface area contributed by atoms with E-state index in [1.807, 2.05) is 36.4 Å². The number of para-hydroxylation sites is 1. The third kappa shape index (κ3) is 2.52. The molecule has 0 saturated heterocycles. The zero-order valence-corrected chi connectivity index (χ0v) is 12.3. The van der Waals surface area contributed by atoms with Crippen molar-refractivity contribution in [2.45, 2.75) is 6.42 Å². The molecule has 3 rings (SSSR count). The van der Waals surface area contributed by atoms with Crippen molar-refractivity contribution < 1.29 is 9.53 Å². The van der Waals surface area contributed by atoms with Gasteiger partial charge < -0.3 is 9.72 Å². The molecule has 2 aromatic carbocycles. The van der Waals surface area contributed by atoms with E-state index in [2.05, 4.69) is 4.98 Å². The lowest BCUT2D eigenvalue weighted by atomic mass is 10.0. The number of ether oxygens (including phenoxy) is 1. The summed E-state index contributed by atoms with van der Waals surface area (Å²) in [4.78, 5) is 15.7. The lowest BCUT2D eigenvalue weighted by Crippen LogP contribution is -2.04. The van der Waals surface area contributed by atoms with Gasteiger partial charge in [0, 0.05) is 34.6 Å². The van der Waals surface area contributed by atoms with Crippen molar-refractivity contribution in [2.75, 3.05) is 7.11 Å². The summed E-state index contributed by atoms with van der Waals surface area (Å²) in [6.45, 7) is 0. The van der Waals surface area contributed by atoms with Crippen LogP contribution in [0.5, 0.6) is 5.75 Å². The van der Waals surface area contributed by atoms with E-state index in [-0.39, 0.29) is 12.2 Å². The van der Waals surface area contributed by atoms with Crippen LogP contribution >= 0.6 is 11.6 Å². The first-order valence-electron chi connectivity index (χ1n) is 6.61. The van der Waals surface area contributed by atoms with Crippen molar-refractivity contribution in [1.29, 1.82) is 0 Å². The molecular formula is C17H14ClNO2. The number of halogens is 1. The summed E-state index contributed by atoms with van der Waals surface area (Å²) in [5.41, 5.74) is 2.35. The molecular weight excluding hydrogens is 286 g/mol. The summed E-state index contributed by atoms with van der Waals surface area (Å²) in [6.07, 6.45) is 2.00. The third-order valence-electron chi connectivity index (χ3n) is 3.50. The van der Waals surface area contributed by atoms with Crippen molar-refractivity contribution in [2.24, 2.45) is 0 Å². The van der Waals surface area contributed by atoms with Crippen LogP contribution in [-0.2, 0) is 6.42 Å². The van der Waals surface area contributed by atoms with Gasteiger partial charge in [0.2, 0.25) is 0 Å². The molecule has 3 aromatic rings. The maximum Gasteiger partial charge on any atom is 0.169 e. The second-order valence-corrected chi connectivity index (χ2v) is 5.18. The minimum atomic E-state index is 0.0128. The van der Waals surface area contributed by atoms with E-state index in [9.17, 15) is 4.79 Å². The smallest absolute Gasteiger partial charge is 0.169 e. The van der Waals surface area contributed by atoms with Crippen molar-refractivity contribution >= 4 is 28.3 Å². The quantitative estimate of drug-likeness (QED) is 0.732. The molecule has 3 nitrogen and oxygen atoms in total. The van der Waals surface area contributed by atoms with Crippen LogP contribution in [0, 0.1) is 0 Å². The third-order valence-corrected chi connectivity index (χ3v) is 3.81. The predicted octanol–water partition coefficient (Wildman–Crippen LogP) is 4.26. The molecule has 106 valence electrons. The van der Waals surface area contributed by atoms with Crippen LogP contribution in [0.3, 0.4) is 0 Å². The molecule has 0 atom stereocenters. The van der Waals surface area contributed by atoms with E-state index in [0.717, 1.165) is 22.2 Å². The number of ketones is 1. The number of Topliss-reactive ketones (excluding diaryl/α,β-unsaturated/α-hetero) is 1. The highest BCUT2D eigenvalue weighted by atomic mass is 35.5. The Morgan fingerprint density at radius 3 is 2.81 bits per heavy atom. The standard InChI is InChI=1S/C17H14ClNO2/c1-21-16-8-3-2-5-11(16)9-15(20)12-10-19-14-7-4-6-13(18)17(12)14/h2-8,10,19H,9H2,1H3. The lowest BCUT2D eigenvalue weighted by Gasteiger charge is -2.07. The number of carbonyl (C=O) groups excluding carboxylic acids is 1. The maximum absolute atomic E-state index is 12.6. The van der Waals surface area contributed by atoms with Crippen LogP contribution in [0.2, 0.25) is 5.02 Å². The molecule has 0 spiro atoms. The first-order chi connectivity index (χ1) is 10.2. The molecule has 0 aliphatic heterocycles. The van der Waals surface area contributed by atoms with Gasteiger partial charge in [0.05, 0.1) is 12.1 Å². The number of aromatic nitrogens is 1. The van der Waals surface area contributed by atoms with E-state index < -0.39 is 0 Å². The lowest BCUT2D eigenvalue weighted by molar-refractivity contribution is 0.0993. The molecule has 0 unspecified atom stereocenters. The summed E-state index contributed by atoms with van der Waals surface area (Å²) in [7, 11) is 1.60. The first-order valence-corrected chi connectivity index (χ1v) is 6.99. The molecule has 0 aliphatic rings. The molecule has 0 bridgehead atoms. The van der Waals surface area contributed by atoms with Gasteiger partial charge in [-0.15, -0.1) is 0 Å². The number of fused-ring (bicyclic) bond motifs is 1. The molecule has 0 saturated carbocycles. The fourth-order valence-electron chi connectivity index (χ4n) is 2.48. The number of aromatic amines is 1. The van der Waals surface area contributed by atoms with Crippen LogP contribution in [0.15, 0.2) is 48.7 Å². The number of H-pyrrole nitrogens is 1. The molecule has 0 fully saturated rings. The Labute approximate surface area is 127 Å². The second kappa shape index (κ2) is 5.62. The zero-order valence-electron chi connectivity index (χ0n) is 11.5. The molecule has 0 aliphatic carbocycles. The minimum Gasteiger partial charge on any atom is -0.496 e. The number of hydrogen-bond acceptors (Lipinski definition) is 2. The molecule has 0 amide bonds. The summed E-state index contributed by atoms with van der Waals surface area (Å²) < 4.78 is 5.29. The number of hydrogen-bond donors (Lipinski definition) is 1. The largest absolute Gasteiger partial charge is 0.496 e. The second-order valence-electron chi connectivity index (χ2n) is 4.78. The Morgan fingerprint density at radius 2 is 2.00 bits per heavy atom. The SMILES string of the molecule is COc1ccccc1CC(=O)c1c[nH]c2cccc(Cl)c12. The fourth-order valence-corrected chi connectivity index (χ4v) is 2.75. The van der Waals surface area contributed by atoms with E-state index in [0.29, 0.717) is 10.6 Å². The maximum atomic E-state index is 12.6. The Kier molecular flexibility index (Phi) is 3.67. The first kappa shape index (κ1) is 13.7. The van der Waals surface area contributed by atoms with Crippen molar-refractivity contribution in [3.8, 4) is 5.75 Å². The Hall–Kier alpha value is -2.26. The Bertz CT molecular complexity index is 807. The van der Waals surface area contributed by atoms with Crippen LogP contribution in [0.25, 0.3) is 10.9 Å². The van der Waals surface area contributed by atoms with Gasteiger partial charge in [-0.3, -0.25) is 4.79 Å². The monoisotopic (exact) mass is 299 g/mol. The highest BCUT2D eigenvalue weighted by Gasteiger charge is 2.16. The zero-order chi connectivity index (χ0) is 14.8. The van der Waals surface area contributed by atoms with Crippen molar-refractivity contribution in [3.05, 3.63) is 64.8 Å². The van der Waals surface area contributed by atoms with E-state index in [1.165, 1.54) is 0 Å². The highest BCUT2D eigenvalue weighted by molar-refractivity contribution is 6.36. The summed E-state index contributed by atoms with van der Waals surface area (Å²) in [6, 6.07) is 13.1. The molecule has 1 heterocycles. The Morgan fingerprint density at radius 1 is 1.19 bits per heavy atom. The van der Waals surface area contributed by atoms with Gasteiger partial charge in [-0.25, -0.2) is 0 Å². The average Bonchev–Trinajstić information content (AvgIpc) is 2.93. The summed E-state index contributed by atoms with van der Waals surface area (Å²) in [5.74, 6) is 0.732. The van der Waals surface area contributed by atoms with Gasteiger partial charge in [-0.05, 0) is 18.2 Å². The number of nitrogens with one attached hydrogen (secondary N) is 1. The number of methoxy groups -OCH3 is 1. The van der Waals surface area contributed by atoms with E-state index in [1.54, 1.807) is 19.4 Å². The van der Waals surface area contributed by atoms with Gasteiger partial charge in [-0.2, -0.15) is 0 Å². The van der Waals surface area contributed by atoms with Gasteiger partial charge in [-0.1, -0.05) is 35.9 Å². The number of benzene rings is 2. The average molecular weight is 300 g/mol. The number of carbonyl (C=O) groups is 1. The van der Waals surface area contributed by atoms with Crippen molar-refractivity contribution in [3.63, 3.8) is 0 Å². The van der Waals surface area contributed by atoms with Gasteiger partial charge in [0.15, 0.2) is 5.78 Å². The molecule has 4 heteroatoms. The van der Waals surface area contributed by atoms with Crippen LogP contribution < -0.4 is 4.74 Å². The van der Waals surface area contributed by atoms with Gasteiger partial charge in [0.1, 0.15) is 5.75 Å². The summed E-state index contributed by atoms with van der Waals surface area (Å²) >= 11 is 6.21. The molecule has 1 N–H and O–H groups in total. The fraction of sp³-hybridized carbons (Fsp3) is 0.118. The van der Waals surface area contributed by atoms with Gasteiger partial charge in [0.25, 0.3) is 0 Å². The normalized spacial score (nSPS) is 10.8. The summed E-state index contributed by atoms with van der Waals surface area (Å²) in [5, 5.41) is 1.36. The minimum absolute atomic E-state index is 0.0128. The van der Waals surface area contributed by atoms with E-state index >= 15 is 0 Å². The van der Waals surface area contributed by atoms with Crippen LogP contribution in [-0.4, -0.2) is 17.9 Å². The molecule has 0 radical (unpaired) electrons. The van der Waals surface area contributed by atoms with Crippen molar-refractivity contribution in [1.82, 2.24) is 4.98 Å². The number of rotatable bonds is 4. The van der Waals surface area contributed by atoms with Crippen LogP contribution in [0.1, 0.15) is 15.9 Å². The van der Waals surface area contributed by atoms with Gasteiger partial charge >= 0.3 is 0 Å². The molecule has 21 heavy (non-hydrogen) atoms. The predicted molar refractivity (Wildman–Crippen MR) is 84.3 cm³/mol.